The fourth-order valence-electron chi connectivity index (χ4n) is 1.88. The van der Waals surface area contributed by atoms with Crippen molar-refractivity contribution in [1.82, 2.24) is 9.97 Å². The molecule has 0 spiro atoms. The Hall–Kier alpha value is -4.07. The lowest BCUT2D eigenvalue weighted by atomic mass is 10.2. The Morgan fingerprint density at radius 3 is 1.58 bits per heavy atom. The molecule has 0 amide bonds. The molecule has 0 unspecified atom stereocenters. The minimum atomic E-state index is -0.402. The summed E-state index contributed by atoms with van der Waals surface area (Å²) >= 11 is 0. The van der Waals surface area contributed by atoms with Crippen LogP contribution in [0.25, 0.3) is 0 Å². The third-order valence-corrected chi connectivity index (χ3v) is 3.34. The Morgan fingerprint density at radius 1 is 0.606 bits per heavy atom. The van der Waals surface area contributed by atoms with Gasteiger partial charge in [-0.1, -0.05) is 46.5 Å². The number of hydrogen-bond donors (Lipinski definition) is 0. The smallest absolute Gasteiger partial charge is 0.356 e. The average Bonchev–Trinajstić information content (AvgIpc) is 2.85. The van der Waals surface area contributed by atoms with Gasteiger partial charge in [0.15, 0.2) is 0 Å². The first-order chi connectivity index (χ1) is 14.5. The number of ether oxygens (including phenoxy) is 3. The van der Waals surface area contributed by atoms with Gasteiger partial charge in [-0.15, -0.1) is 0 Å². The van der Waals surface area contributed by atoms with E-state index in [1.165, 1.54) is 27.5 Å². The Bertz CT molecular complexity index is 782. The number of carbonyl (C=O) groups is 3. The van der Waals surface area contributed by atoms with E-state index in [1.54, 1.807) is 67.0 Å². The molecule has 0 saturated carbocycles. The van der Waals surface area contributed by atoms with Crippen molar-refractivity contribution in [3.63, 3.8) is 0 Å². The first-order valence-electron chi connectivity index (χ1n) is 8.64. The molecule has 0 fully saturated rings. The molecular weight excluding hydrogens is 424 g/mol. The summed E-state index contributed by atoms with van der Waals surface area (Å²) in [5, 5.41) is 0. The molecule has 2 aromatic heterocycles. The quantitative estimate of drug-likeness (QED) is 0.393. The Balaban J connectivity index is -0.000000391. The lowest BCUT2D eigenvalue weighted by molar-refractivity contribution is 0.0587. The molecule has 180 valence electrons. The fraction of sp³-hybridized carbons (Fsp3) is 0.240. The minimum absolute atomic E-state index is 0. The maximum Gasteiger partial charge on any atom is 0.356 e. The van der Waals surface area contributed by atoms with E-state index in [1.807, 2.05) is 6.07 Å². The standard InChI is InChI=1S/C8H8O2.2C7H7NO2.3CH4/c1-10-8(9)7-5-3-2-4-6-7;1-10-7(9)6-3-2-4-8-5-6;1-10-7(9)6-4-2-3-5-8-6;;;/h2-6H,1H3;2*2-5H,1H3;3*1H4. The van der Waals surface area contributed by atoms with Gasteiger partial charge in [-0.25, -0.2) is 19.4 Å². The van der Waals surface area contributed by atoms with Crippen LogP contribution in [0.2, 0.25) is 0 Å². The average molecular weight is 459 g/mol. The van der Waals surface area contributed by atoms with Crippen LogP contribution in [0.1, 0.15) is 53.5 Å². The molecule has 0 atom stereocenters. The van der Waals surface area contributed by atoms with Crippen molar-refractivity contribution in [2.45, 2.75) is 22.3 Å². The summed E-state index contributed by atoms with van der Waals surface area (Å²) in [6.45, 7) is 0. The molecule has 8 nitrogen and oxygen atoms in total. The summed E-state index contributed by atoms with van der Waals surface area (Å²) in [5.74, 6) is -1.05. The normalized spacial score (nSPS) is 8.09. The Labute approximate surface area is 196 Å². The molecule has 0 radical (unpaired) electrons. The molecule has 0 aliphatic rings. The van der Waals surface area contributed by atoms with Gasteiger partial charge < -0.3 is 14.2 Å². The van der Waals surface area contributed by atoms with Crippen LogP contribution in [0, 0.1) is 0 Å². The highest BCUT2D eigenvalue weighted by molar-refractivity contribution is 5.89. The number of nitrogens with zero attached hydrogens (tertiary/aromatic N) is 2. The maximum atomic E-state index is 10.8. The molecule has 0 N–H and O–H groups in total. The van der Waals surface area contributed by atoms with Crippen molar-refractivity contribution in [2.24, 2.45) is 0 Å². The van der Waals surface area contributed by atoms with Crippen LogP contribution in [-0.2, 0) is 14.2 Å². The zero-order valence-electron chi connectivity index (χ0n) is 16.8. The second-order valence-corrected chi connectivity index (χ2v) is 5.30. The largest absolute Gasteiger partial charge is 0.465 e. The van der Waals surface area contributed by atoms with E-state index < -0.39 is 5.97 Å². The molecule has 0 saturated heterocycles. The van der Waals surface area contributed by atoms with Crippen LogP contribution >= 0.6 is 0 Å². The first-order valence-corrected chi connectivity index (χ1v) is 8.64. The Morgan fingerprint density at radius 2 is 1.12 bits per heavy atom. The summed E-state index contributed by atoms with van der Waals surface area (Å²) in [4.78, 5) is 39.8. The summed E-state index contributed by atoms with van der Waals surface area (Å²) in [6.07, 6.45) is 4.62. The van der Waals surface area contributed by atoms with E-state index in [4.69, 9.17) is 0 Å². The van der Waals surface area contributed by atoms with E-state index in [0.29, 0.717) is 16.8 Å². The SMILES string of the molecule is C.C.C.COC(=O)c1ccccc1.COC(=O)c1ccccn1.COC(=O)c1cccnc1. The van der Waals surface area contributed by atoms with Crippen LogP contribution in [-0.4, -0.2) is 49.2 Å². The summed E-state index contributed by atoms with van der Waals surface area (Å²) in [6, 6.07) is 17.3. The van der Waals surface area contributed by atoms with Crippen LogP contribution in [0.5, 0.6) is 0 Å². The predicted octanol–water partition coefficient (Wildman–Crippen LogP) is 5.12. The molecule has 1 aromatic carbocycles. The number of rotatable bonds is 3. The van der Waals surface area contributed by atoms with E-state index >= 15 is 0 Å². The second kappa shape index (κ2) is 19.9. The molecule has 0 aliphatic carbocycles. The topological polar surface area (TPSA) is 105 Å². The molecular formula is C25H34N2O6. The highest BCUT2D eigenvalue weighted by Gasteiger charge is 2.03. The van der Waals surface area contributed by atoms with Crippen LogP contribution in [0.15, 0.2) is 79.3 Å². The van der Waals surface area contributed by atoms with Gasteiger partial charge in [0.25, 0.3) is 0 Å². The van der Waals surface area contributed by atoms with Crippen LogP contribution in [0.3, 0.4) is 0 Å². The number of methoxy groups -OCH3 is 3. The zero-order chi connectivity index (χ0) is 22.2. The van der Waals surface area contributed by atoms with E-state index in [2.05, 4.69) is 24.2 Å². The van der Waals surface area contributed by atoms with Gasteiger partial charge in [-0.05, 0) is 36.4 Å². The lowest BCUT2D eigenvalue weighted by Gasteiger charge is -1.95. The van der Waals surface area contributed by atoms with Gasteiger partial charge in [0.1, 0.15) is 5.69 Å². The molecule has 0 bridgehead atoms. The summed E-state index contributed by atoms with van der Waals surface area (Å²) in [7, 11) is 4.04. The van der Waals surface area contributed by atoms with Gasteiger partial charge in [0.2, 0.25) is 0 Å². The molecule has 2 heterocycles. The van der Waals surface area contributed by atoms with Crippen molar-refractivity contribution in [3.05, 3.63) is 96.1 Å². The van der Waals surface area contributed by atoms with Gasteiger partial charge in [-0.3, -0.25) is 4.98 Å². The molecule has 0 aliphatic heterocycles. The number of carbonyl (C=O) groups excluding carboxylic acids is 3. The highest BCUT2D eigenvalue weighted by Crippen LogP contribution is 1.99. The number of esters is 3. The molecule has 8 heteroatoms. The van der Waals surface area contributed by atoms with Crippen molar-refractivity contribution < 1.29 is 28.6 Å². The highest BCUT2D eigenvalue weighted by atomic mass is 16.5. The summed E-state index contributed by atoms with van der Waals surface area (Å²) in [5.41, 5.74) is 1.40. The zero-order valence-corrected chi connectivity index (χ0v) is 16.8. The van der Waals surface area contributed by atoms with Crippen LogP contribution < -0.4 is 0 Å². The van der Waals surface area contributed by atoms with E-state index in [0.717, 1.165) is 0 Å². The number of hydrogen-bond acceptors (Lipinski definition) is 8. The summed E-state index contributed by atoms with van der Waals surface area (Å²) < 4.78 is 13.4. The van der Waals surface area contributed by atoms with E-state index in [9.17, 15) is 14.4 Å². The maximum absolute atomic E-state index is 10.8. The predicted molar refractivity (Wildman–Crippen MR) is 129 cm³/mol. The third-order valence-electron chi connectivity index (χ3n) is 3.34. The molecule has 3 aromatic rings. The third kappa shape index (κ3) is 13.1. The van der Waals surface area contributed by atoms with Crippen molar-refractivity contribution >= 4 is 17.9 Å². The van der Waals surface area contributed by atoms with Crippen molar-refractivity contribution in [3.8, 4) is 0 Å². The van der Waals surface area contributed by atoms with Gasteiger partial charge in [-0.2, -0.15) is 0 Å². The van der Waals surface area contributed by atoms with Crippen molar-refractivity contribution in [1.29, 1.82) is 0 Å². The lowest BCUT2D eigenvalue weighted by Crippen LogP contribution is -2.02. The van der Waals surface area contributed by atoms with E-state index in [-0.39, 0.29) is 34.2 Å². The van der Waals surface area contributed by atoms with Gasteiger partial charge in [0.05, 0.1) is 32.5 Å². The number of aromatic nitrogens is 2. The monoisotopic (exact) mass is 458 g/mol. The minimum Gasteiger partial charge on any atom is -0.465 e. The van der Waals surface area contributed by atoms with Crippen molar-refractivity contribution in [2.75, 3.05) is 21.3 Å². The number of benzene rings is 1. The first kappa shape index (κ1) is 33.6. The van der Waals surface area contributed by atoms with Crippen LogP contribution in [0.4, 0.5) is 0 Å². The molecule has 33 heavy (non-hydrogen) atoms. The molecule has 3 rings (SSSR count). The Kier molecular flexibility index (Phi) is 20.2. The number of pyridine rings is 2. The van der Waals surface area contributed by atoms with Gasteiger partial charge in [0, 0.05) is 18.6 Å². The second-order valence-electron chi connectivity index (χ2n) is 5.30. The van der Waals surface area contributed by atoms with Gasteiger partial charge >= 0.3 is 17.9 Å². The fourth-order valence-corrected chi connectivity index (χ4v) is 1.88.